The number of ether oxygens (including phenoxy) is 1. The van der Waals surface area contributed by atoms with E-state index in [1.165, 1.54) is 12.0 Å². The van der Waals surface area contributed by atoms with Gasteiger partial charge in [0.15, 0.2) is 0 Å². The molecule has 1 aromatic rings. The molecule has 1 atom stereocenters. The molecule has 0 heterocycles. The molecule has 1 rings (SSSR count). The van der Waals surface area contributed by atoms with Gasteiger partial charge in [0, 0.05) is 25.2 Å². The maximum absolute atomic E-state index is 12.1. The van der Waals surface area contributed by atoms with E-state index in [1.54, 1.807) is 25.2 Å². The zero-order valence-electron chi connectivity index (χ0n) is 10.2. The van der Waals surface area contributed by atoms with Gasteiger partial charge in [-0.1, -0.05) is 27.5 Å². The van der Waals surface area contributed by atoms with E-state index in [2.05, 4.69) is 15.9 Å². The molecule has 0 fully saturated rings. The van der Waals surface area contributed by atoms with E-state index in [9.17, 15) is 9.90 Å². The van der Waals surface area contributed by atoms with Crippen LogP contribution in [0.15, 0.2) is 22.7 Å². The van der Waals surface area contributed by atoms with Crippen LogP contribution in [0.3, 0.4) is 0 Å². The van der Waals surface area contributed by atoms with E-state index in [0.717, 1.165) is 4.47 Å². The number of methoxy groups -OCH3 is 1. The third kappa shape index (κ3) is 4.24. The van der Waals surface area contributed by atoms with E-state index in [-0.39, 0.29) is 19.1 Å². The lowest BCUT2D eigenvalue weighted by Gasteiger charge is -2.21. The van der Waals surface area contributed by atoms with Gasteiger partial charge in [-0.15, -0.1) is 0 Å². The zero-order valence-corrected chi connectivity index (χ0v) is 12.5. The number of carbonyl (C=O) groups excluding carboxylic acids is 1. The zero-order chi connectivity index (χ0) is 13.7. The number of amides is 1. The summed E-state index contributed by atoms with van der Waals surface area (Å²) in [6.07, 6.45) is -0.713. The van der Waals surface area contributed by atoms with Crippen LogP contribution in [-0.2, 0) is 4.74 Å². The van der Waals surface area contributed by atoms with Crippen molar-refractivity contribution in [3.8, 4) is 0 Å². The van der Waals surface area contributed by atoms with Crippen LogP contribution in [0.25, 0.3) is 0 Å². The molecule has 0 aliphatic rings. The Hall–Kier alpha value is -0.620. The first-order chi connectivity index (χ1) is 8.45. The molecular weight excluding hydrogens is 321 g/mol. The van der Waals surface area contributed by atoms with Crippen LogP contribution >= 0.6 is 27.5 Å². The predicted octanol–water partition coefficient (Wildman–Crippen LogP) is 2.18. The van der Waals surface area contributed by atoms with Crippen LogP contribution in [0.2, 0.25) is 5.02 Å². The number of rotatable bonds is 5. The number of benzene rings is 1. The van der Waals surface area contributed by atoms with Crippen molar-refractivity contribution in [1.29, 1.82) is 0 Å². The highest BCUT2D eigenvalue weighted by molar-refractivity contribution is 9.10. The van der Waals surface area contributed by atoms with Crippen molar-refractivity contribution >= 4 is 33.4 Å². The Labute approximate surface area is 120 Å². The molecule has 4 nitrogen and oxygen atoms in total. The second-order valence-electron chi connectivity index (χ2n) is 3.92. The van der Waals surface area contributed by atoms with Gasteiger partial charge in [0.1, 0.15) is 0 Å². The van der Waals surface area contributed by atoms with E-state index in [0.29, 0.717) is 10.6 Å². The summed E-state index contributed by atoms with van der Waals surface area (Å²) in [6, 6.07) is 5.07. The monoisotopic (exact) mass is 335 g/mol. The maximum Gasteiger partial charge on any atom is 0.255 e. The molecule has 0 aliphatic carbocycles. The molecule has 100 valence electrons. The lowest BCUT2D eigenvalue weighted by atomic mass is 10.2. The van der Waals surface area contributed by atoms with Gasteiger partial charge in [0.2, 0.25) is 0 Å². The fourth-order valence-corrected chi connectivity index (χ4v) is 2.07. The molecule has 0 spiro atoms. The van der Waals surface area contributed by atoms with E-state index in [1.807, 2.05) is 0 Å². The summed E-state index contributed by atoms with van der Waals surface area (Å²) < 4.78 is 5.59. The van der Waals surface area contributed by atoms with Gasteiger partial charge < -0.3 is 14.7 Å². The van der Waals surface area contributed by atoms with Crippen LogP contribution in [0, 0.1) is 0 Å². The maximum atomic E-state index is 12.1. The van der Waals surface area contributed by atoms with E-state index in [4.69, 9.17) is 16.3 Å². The van der Waals surface area contributed by atoms with Crippen molar-refractivity contribution < 1.29 is 14.6 Å². The number of aliphatic hydroxyl groups is 1. The first-order valence-corrected chi connectivity index (χ1v) is 6.50. The van der Waals surface area contributed by atoms with E-state index >= 15 is 0 Å². The van der Waals surface area contributed by atoms with Crippen molar-refractivity contribution in [2.45, 2.75) is 6.10 Å². The highest BCUT2D eigenvalue weighted by Gasteiger charge is 2.18. The Morgan fingerprint density at radius 3 is 2.89 bits per heavy atom. The minimum atomic E-state index is -0.713. The summed E-state index contributed by atoms with van der Waals surface area (Å²) in [5.74, 6) is -0.239. The lowest BCUT2D eigenvalue weighted by molar-refractivity contribution is 0.0380. The average Bonchev–Trinajstić information content (AvgIpc) is 2.31. The number of halogens is 2. The molecule has 1 amide bonds. The molecule has 0 radical (unpaired) electrons. The van der Waals surface area contributed by atoms with Crippen molar-refractivity contribution in [3.63, 3.8) is 0 Å². The van der Waals surface area contributed by atoms with Crippen LogP contribution in [0.4, 0.5) is 0 Å². The van der Waals surface area contributed by atoms with Crippen LogP contribution < -0.4 is 0 Å². The van der Waals surface area contributed by atoms with Crippen LogP contribution in [-0.4, -0.2) is 49.3 Å². The third-order valence-corrected chi connectivity index (χ3v) is 3.17. The van der Waals surface area contributed by atoms with Gasteiger partial charge in [-0.2, -0.15) is 0 Å². The first kappa shape index (κ1) is 15.4. The summed E-state index contributed by atoms with van der Waals surface area (Å²) in [7, 11) is 3.11. The third-order valence-electron chi connectivity index (χ3n) is 2.35. The van der Waals surface area contributed by atoms with Gasteiger partial charge in [-0.25, -0.2) is 0 Å². The van der Waals surface area contributed by atoms with Crippen molar-refractivity contribution in [3.05, 3.63) is 33.3 Å². The molecule has 18 heavy (non-hydrogen) atoms. The van der Waals surface area contributed by atoms with Crippen molar-refractivity contribution in [2.75, 3.05) is 27.3 Å². The molecule has 0 saturated heterocycles. The summed E-state index contributed by atoms with van der Waals surface area (Å²) in [5.41, 5.74) is 0.401. The quantitative estimate of drug-likeness (QED) is 0.896. The molecule has 0 aromatic heterocycles. The molecular formula is C12H15BrClNO3. The first-order valence-electron chi connectivity index (χ1n) is 5.33. The molecule has 0 bridgehead atoms. The molecule has 0 aliphatic heterocycles. The number of aliphatic hydroxyl groups excluding tert-OH is 1. The number of carbonyl (C=O) groups is 1. The smallest absolute Gasteiger partial charge is 0.255 e. The number of nitrogens with zero attached hydrogens (tertiary/aromatic N) is 1. The summed E-state index contributed by atoms with van der Waals surface area (Å²) in [4.78, 5) is 13.5. The Morgan fingerprint density at radius 2 is 2.28 bits per heavy atom. The molecule has 6 heteroatoms. The van der Waals surface area contributed by atoms with Gasteiger partial charge in [0.05, 0.1) is 23.3 Å². The van der Waals surface area contributed by atoms with Gasteiger partial charge in [-0.05, 0) is 18.2 Å². The Morgan fingerprint density at radius 1 is 1.61 bits per heavy atom. The fourth-order valence-electron chi connectivity index (χ4n) is 1.51. The van der Waals surface area contributed by atoms with Gasteiger partial charge in [-0.3, -0.25) is 4.79 Å². The second kappa shape index (κ2) is 7.09. The van der Waals surface area contributed by atoms with Crippen molar-refractivity contribution in [1.82, 2.24) is 4.90 Å². The summed E-state index contributed by atoms with van der Waals surface area (Å²) >= 11 is 9.27. The SMILES string of the molecule is COCC(O)CN(C)C(=O)c1cc(Br)ccc1Cl. The largest absolute Gasteiger partial charge is 0.389 e. The second-order valence-corrected chi connectivity index (χ2v) is 5.24. The van der Waals surface area contributed by atoms with Crippen LogP contribution in [0.5, 0.6) is 0 Å². The molecule has 1 aromatic carbocycles. The average molecular weight is 337 g/mol. The number of hydrogen-bond acceptors (Lipinski definition) is 3. The normalized spacial score (nSPS) is 12.3. The van der Waals surface area contributed by atoms with Gasteiger partial charge in [0.25, 0.3) is 5.91 Å². The molecule has 0 saturated carbocycles. The summed E-state index contributed by atoms with van der Waals surface area (Å²) in [5, 5.41) is 9.96. The summed E-state index contributed by atoms with van der Waals surface area (Å²) in [6.45, 7) is 0.374. The topological polar surface area (TPSA) is 49.8 Å². The minimum absolute atomic E-state index is 0.184. The highest BCUT2D eigenvalue weighted by Crippen LogP contribution is 2.22. The minimum Gasteiger partial charge on any atom is -0.389 e. The molecule has 1 unspecified atom stereocenters. The Kier molecular flexibility index (Phi) is 6.08. The predicted molar refractivity (Wildman–Crippen MR) is 74.0 cm³/mol. The Bertz CT molecular complexity index is 428. The number of hydrogen-bond donors (Lipinski definition) is 1. The van der Waals surface area contributed by atoms with Gasteiger partial charge >= 0.3 is 0 Å². The Balaban J connectivity index is 2.77. The van der Waals surface area contributed by atoms with Crippen molar-refractivity contribution in [2.24, 2.45) is 0 Å². The molecule has 1 N–H and O–H groups in total. The fraction of sp³-hybridized carbons (Fsp3) is 0.417. The highest BCUT2D eigenvalue weighted by atomic mass is 79.9. The van der Waals surface area contributed by atoms with E-state index < -0.39 is 6.10 Å². The van der Waals surface area contributed by atoms with Crippen LogP contribution in [0.1, 0.15) is 10.4 Å². The lowest BCUT2D eigenvalue weighted by Crippen LogP contribution is -2.36. The standard InChI is InChI=1S/C12H15BrClNO3/c1-15(6-9(16)7-18-2)12(17)10-5-8(13)3-4-11(10)14/h3-5,9,16H,6-7H2,1-2H3. The number of likely N-dealkylation sites (N-methyl/N-ethyl adjacent to an activating group) is 1.